The Labute approximate surface area is 127 Å². The van der Waals surface area contributed by atoms with Crippen LogP contribution in [-0.2, 0) is 10.0 Å². The number of nitrogens with two attached hydrogens (primary N) is 1. The first-order chi connectivity index (χ1) is 9.85. The third-order valence-corrected chi connectivity index (χ3v) is 5.81. The molecule has 21 heavy (non-hydrogen) atoms. The van der Waals surface area contributed by atoms with Gasteiger partial charge < -0.3 is 10.6 Å². The molecule has 0 atom stereocenters. The van der Waals surface area contributed by atoms with E-state index in [-0.39, 0.29) is 4.90 Å². The second-order valence-corrected chi connectivity index (χ2v) is 7.86. The van der Waals surface area contributed by atoms with E-state index in [2.05, 4.69) is 23.5 Å². The number of hydrogen-bond donors (Lipinski definition) is 2. The minimum atomic E-state index is -3.50. The van der Waals surface area contributed by atoms with E-state index in [9.17, 15) is 8.42 Å². The fourth-order valence-corrected chi connectivity index (χ4v) is 3.91. The van der Waals surface area contributed by atoms with Crippen molar-refractivity contribution in [3.8, 4) is 0 Å². The molecule has 0 aromatic heterocycles. The summed E-state index contributed by atoms with van der Waals surface area (Å²) in [4.78, 5) is 2.43. The van der Waals surface area contributed by atoms with Crippen molar-refractivity contribution in [2.45, 2.75) is 31.6 Å². The highest BCUT2D eigenvalue weighted by Gasteiger charge is 2.26. The van der Waals surface area contributed by atoms with E-state index in [1.807, 2.05) is 6.07 Å². The molecule has 1 aromatic carbocycles. The molecule has 1 heterocycles. The van der Waals surface area contributed by atoms with Gasteiger partial charge >= 0.3 is 0 Å². The van der Waals surface area contributed by atoms with Gasteiger partial charge in [-0.2, -0.15) is 0 Å². The molecule has 118 valence electrons. The van der Waals surface area contributed by atoms with Crippen LogP contribution in [0.4, 0.5) is 11.4 Å². The number of nitrogens with zero attached hydrogens (tertiary/aromatic N) is 1. The molecular formula is C15H25N3O2S. The molecule has 2 rings (SSSR count). The molecule has 1 aliphatic heterocycles. The second-order valence-electron chi connectivity index (χ2n) is 6.00. The molecule has 1 saturated heterocycles. The van der Waals surface area contributed by atoms with Crippen molar-refractivity contribution in [1.29, 1.82) is 0 Å². The number of nitrogens with one attached hydrogen (secondary N) is 1. The first-order valence-electron chi connectivity index (χ1n) is 7.43. The van der Waals surface area contributed by atoms with Gasteiger partial charge in [0.05, 0.1) is 5.69 Å². The number of rotatable bonds is 4. The monoisotopic (exact) mass is 311 g/mol. The highest BCUT2D eigenvalue weighted by molar-refractivity contribution is 7.89. The lowest BCUT2D eigenvalue weighted by atomic mass is 9.86. The van der Waals surface area contributed by atoms with Gasteiger partial charge in [0.25, 0.3) is 0 Å². The second kappa shape index (κ2) is 6.23. The molecule has 0 aliphatic carbocycles. The lowest BCUT2D eigenvalue weighted by Gasteiger charge is -2.36. The molecule has 1 fully saturated rings. The number of sulfonamides is 1. The van der Waals surface area contributed by atoms with E-state index in [0.29, 0.717) is 11.6 Å². The Balaban J connectivity index is 2.29. The summed E-state index contributed by atoms with van der Waals surface area (Å²) in [6.45, 7) is 6.28. The van der Waals surface area contributed by atoms with Gasteiger partial charge in [0.1, 0.15) is 4.90 Å². The number of nitrogen functional groups attached to an aromatic ring is 1. The molecular weight excluding hydrogens is 286 g/mol. The van der Waals surface area contributed by atoms with Crippen molar-refractivity contribution in [2.75, 3.05) is 30.8 Å². The van der Waals surface area contributed by atoms with Gasteiger partial charge in [0.15, 0.2) is 0 Å². The number of hydrogen-bond acceptors (Lipinski definition) is 4. The summed E-state index contributed by atoms with van der Waals surface area (Å²) in [6, 6.07) is 5.11. The molecule has 0 saturated carbocycles. The van der Waals surface area contributed by atoms with Gasteiger partial charge in [0, 0.05) is 18.8 Å². The van der Waals surface area contributed by atoms with Gasteiger partial charge in [0.2, 0.25) is 10.0 Å². The van der Waals surface area contributed by atoms with E-state index in [4.69, 9.17) is 5.73 Å². The minimum absolute atomic E-state index is 0.271. The smallest absolute Gasteiger partial charge is 0.242 e. The molecule has 6 heteroatoms. The average molecular weight is 311 g/mol. The summed E-state index contributed by atoms with van der Waals surface area (Å²) in [5.74, 6) is 1.40. The Morgan fingerprint density at radius 3 is 2.43 bits per heavy atom. The zero-order valence-electron chi connectivity index (χ0n) is 13.0. The third kappa shape index (κ3) is 3.49. The largest absolute Gasteiger partial charge is 0.399 e. The number of benzene rings is 1. The molecule has 1 aromatic rings. The SMILES string of the molecule is CNS(=O)(=O)c1cc(N)ccc1N1CCC(C(C)C)CC1. The Hall–Kier alpha value is -1.27. The molecule has 0 radical (unpaired) electrons. The maximum atomic E-state index is 12.2. The summed E-state index contributed by atoms with van der Waals surface area (Å²) >= 11 is 0. The van der Waals surface area contributed by atoms with Crippen LogP contribution in [0.2, 0.25) is 0 Å². The van der Waals surface area contributed by atoms with Gasteiger partial charge in [-0.15, -0.1) is 0 Å². The van der Waals surface area contributed by atoms with Crippen molar-refractivity contribution in [2.24, 2.45) is 11.8 Å². The zero-order valence-corrected chi connectivity index (χ0v) is 13.8. The van der Waals surface area contributed by atoms with Gasteiger partial charge in [-0.1, -0.05) is 13.8 Å². The summed E-state index contributed by atoms with van der Waals surface area (Å²) < 4.78 is 26.8. The van der Waals surface area contributed by atoms with Gasteiger partial charge in [-0.25, -0.2) is 13.1 Å². The standard InChI is InChI=1S/C15H25N3O2S/c1-11(2)12-6-8-18(9-7-12)14-5-4-13(16)10-15(14)21(19,20)17-3/h4-5,10-12,17H,6-9,16H2,1-3H3. The van der Waals surface area contributed by atoms with E-state index in [0.717, 1.165) is 37.5 Å². The molecule has 0 amide bonds. The fourth-order valence-electron chi connectivity index (χ4n) is 2.92. The molecule has 0 unspecified atom stereocenters. The molecule has 5 nitrogen and oxygen atoms in total. The molecule has 3 N–H and O–H groups in total. The molecule has 0 spiro atoms. The van der Waals surface area contributed by atoms with Crippen LogP contribution in [0.5, 0.6) is 0 Å². The highest BCUT2D eigenvalue weighted by atomic mass is 32.2. The number of anilines is 2. The van der Waals surface area contributed by atoms with Crippen molar-refractivity contribution in [1.82, 2.24) is 4.72 Å². The van der Waals surface area contributed by atoms with E-state index < -0.39 is 10.0 Å². The maximum Gasteiger partial charge on any atom is 0.242 e. The zero-order chi connectivity index (χ0) is 15.6. The fraction of sp³-hybridized carbons (Fsp3) is 0.600. The predicted octanol–water partition coefficient (Wildman–Crippen LogP) is 2.05. The van der Waals surface area contributed by atoms with Crippen molar-refractivity contribution in [3.05, 3.63) is 18.2 Å². The van der Waals surface area contributed by atoms with Crippen LogP contribution in [0.3, 0.4) is 0 Å². The maximum absolute atomic E-state index is 12.2. The van der Waals surface area contributed by atoms with Crippen molar-refractivity contribution >= 4 is 21.4 Å². The molecule has 1 aliphatic rings. The predicted molar refractivity (Wildman–Crippen MR) is 86.9 cm³/mol. The Kier molecular flexibility index (Phi) is 4.78. The van der Waals surface area contributed by atoms with E-state index >= 15 is 0 Å². The van der Waals surface area contributed by atoms with Gasteiger partial charge in [-0.3, -0.25) is 0 Å². The average Bonchev–Trinajstić information content (AvgIpc) is 2.47. The minimum Gasteiger partial charge on any atom is -0.399 e. The Bertz CT molecular complexity index is 591. The van der Waals surface area contributed by atoms with Crippen LogP contribution >= 0.6 is 0 Å². The van der Waals surface area contributed by atoms with Crippen LogP contribution in [-0.4, -0.2) is 28.6 Å². The number of piperidine rings is 1. The third-order valence-electron chi connectivity index (χ3n) is 4.37. The highest BCUT2D eigenvalue weighted by Crippen LogP contribution is 2.32. The first-order valence-corrected chi connectivity index (χ1v) is 8.91. The topological polar surface area (TPSA) is 75.4 Å². The summed E-state index contributed by atoms with van der Waals surface area (Å²) in [5.41, 5.74) is 6.97. The first kappa shape index (κ1) is 16.1. The van der Waals surface area contributed by atoms with Crippen molar-refractivity contribution in [3.63, 3.8) is 0 Å². The van der Waals surface area contributed by atoms with Crippen LogP contribution in [0.15, 0.2) is 23.1 Å². The Morgan fingerprint density at radius 1 is 1.29 bits per heavy atom. The summed E-state index contributed by atoms with van der Waals surface area (Å²) in [7, 11) is -2.08. The van der Waals surface area contributed by atoms with E-state index in [1.165, 1.54) is 13.1 Å². The molecule has 0 bridgehead atoms. The lowest BCUT2D eigenvalue weighted by molar-refractivity contribution is 0.311. The summed E-state index contributed by atoms with van der Waals surface area (Å²) in [6.07, 6.45) is 2.20. The summed E-state index contributed by atoms with van der Waals surface area (Å²) in [5, 5.41) is 0. The van der Waals surface area contributed by atoms with Crippen LogP contribution in [0.1, 0.15) is 26.7 Å². The van der Waals surface area contributed by atoms with Crippen LogP contribution in [0, 0.1) is 11.8 Å². The van der Waals surface area contributed by atoms with Crippen LogP contribution in [0.25, 0.3) is 0 Å². The van der Waals surface area contributed by atoms with Gasteiger partial charge in [-0.05, 0) is 49.9 Å². The van der Waals surface area contributed by atoms with Crippen LogP contribution < -0.4 is 15.4 Å². The Morgan fingerprint density at radius 2 is 1.90 bits per heavy atom. The normalized spacial score (nSPS) is 17.4. The lowest BCUT2D eigenvalue weighted by Crippen LogP contribution is -2.36. The van der Waals surface area contributed by atoms with E-state index in [1.54, 1.807) is 6.07 Å². The quantitative estimate of drug-likeness (QED) is 0.835. The van der Waals surface area contributed by atoms with Crippen molar-refractivity contribution < 1.29 is 8.42 Å².